The second kappa shape index (κ2) is 6.16. The van der Waals surface area contributed by atoms with E-state index in [0.29, 0.717) is 12.1 Å². The van der Waals surface area contributed by atoms with E-state index in [2.05, 4.69) is 34.3 Å². The van der Waals surface area contributed by atoms with Gasteiger partial charge in [-0.2, -0.15) is 0 Å². The number of hydrogen-bond acceptors (Lipinski definition) is 4. The summed E-state index contributed by atoms with van der Waals surface area (Å²) in [5.41, 5.74) is 1.22. The van der Waals surface area contributed by atoms with Gasteiger partial charge in [-0.1, -0.05) is 6.07 Å². The van der Waals surface area contributed by atoms with Gasteiger partial charge in [-0.05, 0) is 38.4 Å². The van der Waals surface area contributed by atoms with Crippen LogP contribution < -0.4 is 10.2 Å². The minimum Gasteiger partial charge on any atom is -0.381 e. The van der Waals surface area contributed by atoms with E-state index in [1.165, 1.54) is 5.56 Å². The number of methoxy groups -OCH3 is 1. The minimum atomic E-state index is 0.403. The number of nitrogens with zero attached hydrogens (tertiary/aromatic N) is 2. The van der Waals surface area contributed by atoms with E-state index in [9.17, 15) is 0 Å². The smallest absolute Gasteiger partial charge is 0.128 e. The number of piperidine rings is 1. The van der Waals surface area contributed by atoms with Crippen LogP contribution in [-0.4, -0.2) is 37.8 Å². The first-order valence-electron chi connectivity index (χ1n) is 6.63. The van der Waals surface area contributed by atoms with Crippen LogP contribution in [0.3, 0.4) is 0 Å². The molecule has 18 heavy (non-hydrogen) atoms. The summed E-state index contributed by atoms with van der Waals surface area (Å²) in [6.07, 6.45) is 4.53. The molecule has 1 fully saturated rings. The molecule has 0 spiro atoms. The SMILES string of the molecule is CNCc1ccc(N2CCC(OC)CC2C)nc1. The Kier molecular flexibility index (Phi) is 4.55. The van der Waals surface area contributed by atoms with E-state index in [1.54, 1.807) is 7.11 Å². The molecular formula is C14H23N3O. The van der Waals surface area contributed by atoms with E-state index < -0.39 is 0 Å². The van der Waals surface area contributed by atoms with Crippen molar-refractivity contribution in [2.75, 3.05) is 25.6 Å². The van der Waals surface area contributed by atoms with Crippen molar-refractivity contribution in [1.82, 2.24) is 10.3 Å². The van der Waals surface area contributed by atoms with Crippen LogP contribution in [0.4, 0.5) is 5.82 Å². The van der Waals surface area contributed by atoms with Gasteiger partial charge in [0, 0.05) is 32.4 Å². The molecule has 0 radical (unpaired) electrons. The Morgan fingerprint density at radius 1 is 1.50 bits per heavy atom. The third-order valence-corrected chi connectivity index (χ3v) is 3.65. The Hall–Kier alpha value is -1.13. The maximum absolute atomic E-state index is 5.44. The van der Waals surface area contributed by atoms with Gasteiger partial charge in [0.1, 0.15) is 5.82 Å². The zero-order chi connectivity index (χ0) is 13.0. The third-order valence-electron chi connectivity index (χ3n) is 3.65. The van der Waals surface area contributed by atoms with E-state index in [-0.39, 0.29) is 0 Å². The van der Waals surface area contributed by atoms with Crippen LogP contribution in [0.2, 0.25) is 0 Å². The van der Waals surface area contributed by atoms with Crippen molar-refractivity contribution in [1.29, 1.82) is 0 Å². The maximum Gasteiger partial charge on any atom is 0.128 e. The summed E-state index contributed by atoms with van der Waals surface area (Å²) in [5.74, 6) is 1.08. The summed E-state index contributed by atoms with van der Waals surface area (Å²) in [7, 11) is 3.75. The number of hydrogen-bond donors (Lipinski definition) is 1. The van der Waals surface area contributed by atoms with Gasteiger partial charge in [-0.25, -0.2) is 4.98 Å². The molecular weight excluding hydrogens is 226 g/mol. The van der Waals surface area contributed by atoms with Crippen LogP contribution in [0.25, 0.3) is 0 Å². The lowest BCUT2D eigenvalue weighted by molar-refractivity contribution is 0.0719. The Bertz CT molecular complexity index is 366. The number of nitrogens with one attached hydrogen (secondary N) is 1. The van der Waals surface area contributed by atoms with Gasteiger partial charge in [0.05, 0.1) is 6.10 Å². The second-order valence-electron chi connectivity index (χ2n) is 4.98. The monoisotopic (exact) mass is 249 g/mol. The highest BCUT2D eigenvalue weighted by Crippen LogP contribution is 2.24. The van der Waals surface area contributed by atoms with Crippen molar-refractivity contribution in [3.8, 4) is 0 Å². The molecule has 2 heterocycles. The van der Waals surface area contributed by atoms with Crippen molar-refractivity contribution in [2.24, 2.45) is 0 Å². The van der Waals surface area contributed by atoms with Crippen LogP contribution in [-0.2, 0) is 11.3 Å². The van der Waals surface area contributed by atoms with Crippen LogP contribution in [0.15, 0.2) is 18.3 Å². The molecule has 0 aliphatic carbocycles. The molecule has 0 bridgehead atoms. The number of anilines is 1. The number of ether oxygens (including phenoxy) is 1. The molecule has 0 aromatic carbocycles. The molecule has 1 aromatic heterocycles. The Labute approximate surface area is 109 Å². The maximum atomic E-state index is 5.44. The van der Waals surface area contributed by atoms with Crippen molar-refractivity contribution in [3.63, 3.8) is 0 Å². The topological polar surface area (TPSA) is 37.4 Å². The summed E-state index contributed by atoms with van der Waals surface area (Å²) >= 11 is 0. The lowest BCUT2D eigenvalue weighted by atomic mass is 10.0. The van der Waals surface area contributed by atoms with Crippen molar-refractivity contribution >= 4 is 5.82 Å². The first-order valence-corrected chi connectivity index (χ1v) is 6.63. The second-order valence-corrected chi connectivity index (χ2v) is 4.98. The molecule has 1 saturated heterocycles. The number of aromatic nitrogens is 1. The first-order chi connectivity index (χ1) is 8.74. The molecule has 4 nitrogen and oxygen atoms in total. The summed E-state index contributed by atoms with van der Waals surface area (Å²) in [4.78, 5) is 6.94. The predicted octanol–water partition coefficient (Wildman–Crippen LogP) is 1.80. The van der Waals surface area contributed by atoms with Crippen LogP contribution >= 0.6 is 0 Å². The summed E-state index contributed by atoms with van der Waals surface area (Å²) in [6, 6.07) is 4.76. The van der Waals surface area contributed by atoms with E-state index >= 15 is 0 Å². The van der Waals surface area contributed by atoms with Crippen LogP contribution in [0.5, 0.6) is 0 Å². The van der Waals surface area contributed by atoms with Gasteiger partial charge in [-0.3, -0.25) is 0 Å². The van der Waals surface area contributed by atoms with E-state index in [0.717, 1.165) is 31.7 Å². The Balaban J connectivity index is 2.03. The zero-order valence-electron chi connectivity index (χ0n) is 11.5. The van der Waals surface area contributed by atoms with Gasteiger partial charge in [0.25, 0.3) is 0 Å². The first kappa shape index (κ1) is 13.3. The molecule has 2 atom stereocenters. The molecule has 4 heteroatoms. The van der Waals surface area contributed by atoms with Crippen LogP contribution in [0.1, 0.15) is 25.3 Å². The van der Waals surface area contributed by atoms with Crippen LogP contribution in [0, 0.1) is 0 Å². The lowest BCUT2D eigenvalue weighted by Crippen LogP contribution is -2.43. The molecule has 0 amide bonds. The predicted molar refractivity (Wildman–Crippen MR) is 73.8 cm³/mol. The van der Waals surface area contributed by atoms with E-state index in [1.807, 2.05) is 13.2 Å². The molecule has 0 saturated carbocycles. The molecule has 1 N–H and O–H groups in total. The van der Waals surface area contributed by atoms with Crippen molar-refractivity contribution in [3.05, 3.63) is 23.9 Å². The van der Waals surface area contributed by atoms with Gasteiger partial charge >= 0.3 is 0 Å². The van der Waals surface area contributed by atoms with Crippen molar-refractivity contribution in [2.45, 2.75) is 38.5 Å². The average Bonchev–Trinajstić information content (AvgIpc) is 2.40. The fourth-order valence-corrected chi connectivity index (χ4v) is 2.58. The standard InChI is InChI=1S/C14H23N3O/c1-11-8-13(18-3)6-7-17(11)14-5-4-12(9-15-2)10-16-14/h4-5,10-11,13,15H,6-9H2,1-3H3. The Morgan fingerprint density at radius 2 is 2.33 bits per heavy atom. The molecule has 100 valence electrons. The highest BCUT2D eigenvalue weighted by molar-refractivity contribution is 5.41. The molecule has 1 aromatic rings. The van der Waals surface area contributed by atoms with Gasteiger partial charge in [0.2, 0.25) is 0 Å². The number of pyridine rings is 1. The van der Waals surface area contributed by atoms with Gasteiger partial charge in [0.15, 0.2) is 0 Å². The minimum absolute atomic E-state index is 0.403. The summed E-state index contributed by atoms with van der Waals surface area (Å²) in [6.45, 7) is 4.14. The summed E-state index contributed by atoms with van der Waals surface area (Å²) in [5, 5.41) is 3.14. The number of rotatable bonds is 4. The largest absolute Gasteiger partial charge is 0.381 e. The highest BCUT2D eigenvalue weighted by atomic mass is 16.5. The molecule has 1 aliphatic rings. The Morgan fingerprint density at radius 3 is 2.89 bits per heavy atom. The van der Waals surface area contributed by atoms with Gasteiger partial charge in [-0.15, -0.1) is 0 Å². The quantitative estimate of drug-likeness (QED) is 0.883. The van der Waals surface area contributed by atoms with Gasteiger partial charge < -0.3 is 15.0 Å². The molecule has 1 aliphatic heterocycles. The fraction of sp³-hybridized carbons (Fsp3) is 0.643. The normalized spacial score (nSPS) is 24.3. The average molecular weight is 249 g/mol. The molecule has 2 unspecified atom stereocenters. The zero-order valence-corrected chi connectivity index (χ0v) is 11.5. The van der Waals surface area contributed by atoms with E-state index in [4.69, 9.17) is 4.74 Å². The van der Waals surface area contributed by atoms with Crippen molar-refractivity contribution < 1.29 is 4.74 Å². The highest BCUT2D eigenvalue weighted by Gasteiger charge is 2.25. The third kappa shape index (κ3) is 3.00. The molecule has 2 rings (SSSR count). The fourth-order valence-electron chi connectivity index (χ4n) is 2.58. The lowest BCUT2D eigenvalue weighted by Gasteiger charge is -2.38. The summed E-state index contributed by atoms with van der Waals surface area (Å²) < 4.78 is 5.44.